The lowest BCUT2D eigenvalue weighted by Crippen LogP contribution is -2.12. The first-order chi connectivity index (χ1) is 15.2. The Balaban J connectivity index is 1.58. The van der Waals surface area contributed by atoms with Crippen LogP contribution < -0.4 is 14.8 Å². The first kappa shape index (κ1) is 20.2. The van der Waals surface area contributed by atoms with Gasteiger partial charge in [-0.25, -0.2) is 0 Å². The summed E-state index contributed by atoms with van der Waals surface area (Å²) >= 11 is 0. The fourth-order valence-corrected chi connectivity index (χ4v) is 3.06. The maximum absolute atomic E-state index is 12.8. The van der Waals surface area contributed by atoms with Gasteiger partial charge >= 0.3 is 0 Å². The fourth-order valence-electron chi connectivity index (χ4n) is 3.06. The summed E-state index contributed by atoms with van der Waals surface area (Å²) in [5.41, 5.74) is 2.48. The largest absolute Gasteiger partial charge is 0.497 e. The number of nitrogens with zero attached hydrogens (tertiary/aromatic N) is 2. The number of ether oxygens (including phenoxy) is 2. The van der Waals surface area contributed by atoms with Gasteiger partial charge in [0, 0.05) is 11.1 Å². The van der Waals surface area contributed by atoms with Crippen LogP contribution in [0.2, 0.25) is 0 Å². The molecule has 0 aliphatic heterocycles. The molecule has 0 aliphatic rings. The standard InChI is InChI=1S/C24H21N3O4/c1-3-30-19-8-6-7-17(15-19)23(28)25-21-10-5-4-9-20(21)24-26-22(27-31-24)16-11-13-18(29-2)14-12-16/h4-15H,3H2,1-2H3,(H,25,28). The molecule has 0 bridgehead atoms. The van der Waals surface area contributed by atoms with Gasteiger partial charge in [0.25, 0.3) is 11.8 Å². The van der Waals surface area contributed by atoms with Gasteiger partial charge in [-0.15, -0.1) is 0 Å². The van der Waals surface area contributed by atoms with Crippen LogP contribution in [0.1, 0.15) is 17.3 Å². The molecule has 156 valence electrons. The first-order valence-electron chi connectivity index (χ1n) is 9.79. The van der Waals surface area contributed by atoms with Gasteiger partial charge in [0.05, 0.1) is 25.0 Å². The minimum Gasteiger partial charge on any atom is -0.497 e. The second kappa shape index (κ2) is 9.13. The monoisotopic (exact) mass is 415 g/mol. The van der Waals surface area contributed by atoms with E-state index in [1.54, 1.807) is 31.4 Å². The highest BCUT2D eigenvalue weighted by atomic mass is 16.5. The van der Waals surface area contributed by atoms with Crippen molar-refractivity contribution < 1.29 is 18.8 Å². The van der Waals surface area contributed by atoms with E-state index in [4.69, 9.17) is 14.0 Å². The second-order valence-electron chi connectivity index (χ2n) is 6.61. The quantitative estimate of drug-likeness (QED) is 0.454. The number of nitrogens with one attached hydrogen (secondary N) is 1. The number of carbonyl (C=O) groups is 1. The number of benzene rings is 3. The van der Waals surface area contributed by atoms with Crippen molar-refractivity contribution in [2.75, 3.05) is 19.0 Å². The molecule has 0 saturated heterocycles. The molecule has 1 amide bonds. The molecular formula is C24H21N3O4. The van der Waals surface area contributed by atoms with E-state index in [0.29, 0.717) is 40.9 Å². The van der Waals surface area contributed by atoms with Crippen LogP contribution in [-0.4, -0.2) is 29.8 Å². The third-order valence-electron chi connectivity index (χ3n) is 4.59. The van der Waals surface area contributed by atoms with Crippen LogP contribution in [0, 0.1) is 0 Å². The minimum absolute atomic E-state index is 0.260. The van der Waals surface area contributed by atoms with Crippen molar-refractivity contribution in [3.05, 3.63) is 78.4 Å². The first-order valence-corrected chi connectivity index (χ1v) is 9.79. The molecule has 0 unspecified atom stereocenters. The number of aromatic nitrogens is 2. The van der Waals surface area contributed by atoms with Crippen molar-refractivity contribution in [1.29, 1.82) is 0 Å². The van der Waals surface area contributed by atoms with Gasteiger partial charge in [-0.3, -0.25) is 4.79 Å². The lowest BCUT2D eigenvalue weighted by atomic mass is 10.1. The number of hydrogen-bond donors (Lipinski definition) is 1. The van der Waals surface area contributed by atoms with Crippen molar-refractivity contribution >= 4 is 11.6 Å². The van der Waals surface area contributed by atoms with Crippen LogP contribution in [0.25, 0.3) is 22.8 Å². The van der Waals surface area contributed by atoms with Gasteiger partial charge in [-0.2, -0.15) is 4.98 Å². The van der Waals surface area contributed by atoms with Crippen LogP contribution in [0.15, 0.2) is 77.3 Å². The third-order valence-corrected chi connectivity index (χ3v) is 4.59. The number of hydrogen-bond acceptors (Lipinski definition) is 6. The van der Waals surface area contributed by atoms with Gasteiger partial charge in [0.2, 0.25) is 5.82 Å². The van der Waals surface area contributed by atoms with Crippen LogP contribution in [-0.2, 0) is 0 Å². The van der Waals surface area contributed by atoms with Gasteiger partial charge < -0.3 is 19.3 Å². The summed E-state index contributed by atoms with van der Waals surface area (Å²) < 4.78 is 16.1. The van der Waals surface area contributed by atoms with E-state index in [0.717, 1.165) is 11.3 Å². The number of para-hydroxylation sites is 1. The summed E-state index contributed by atoms with van der Waals surface area (Å²) in [7, 11) is 1.61. The molecule has 0 spiro atoms. The molecule has 7 nitrogen and oxygen atoms in total. The predicted octanol–water partition coefficient (Wildman–Crippen LogP) is 5.06. The number of anilines is 1. The molecule has 0 fully saturated rings. The average molecular weight is 415 g/mol. The molecule has 4 aromatic rings. The Morgan fingerprint density at radius 3 is 2.58 bits per heavy atom. The Kier molecular flexibility index (Phi) is 5.93. The van der Waals surface area contributed by atoms with Crippen LogP contribution in [0.5, 0.6) is 11.5 Å². The van der Waals surface area contributed by atoms with Crippen LogP contribution >= 0.6 is 0 Å². The van der Waals surface area contributed by atoms with E-state index in [1.807, 2.05) is 55.5 Å². The zero-order valence-electron chi connectivity index (χ0n) is 17.2. The van der Waals surface area contributed by atoms with E-state index < -0.39 is 0 Å². The average Bonchev–Trinajstić information content (AvgIpc) is 3.30. The van der Waals surface area contributed by atoms with Crippen molar-refractivity contribution in [3.63, 3.8) is 0 Å². The smallest absolute Gasteiger partial charge is 0.260 e. The Morgan fingerprint density at radius 2 is 1.81 bits per heavy atom. The molecule has 4 rings (SSSR count). The second-order valence-corrected chi connectivity index (χ2v) is 6.61. The summed E-state index contributed by atoms with van der Waals surface area (Å²) in [6.07, 6.45) is 0. The zero-order chi connectivity index (χ0) is 21.6. The lowest BCUT2D eigenvalue weighted by Gasteiger charge is -2.09. The molecule has 0 atom stereocenters. The molecule has 31 heavy (non-hydrogen) atoms. The van der Waals surface area contributed by atoms with Crippen molar-refractivity contribution in [3.8, 4) is 34.3 Å². The Bertz CT molecular complexity index is 1190. The highest BCUT2D eigenvalue weighted by Gasteiger charge is 2.16. The van der Waals surface area contributed by atoms with E-state index in [2.05, 4.69) is 15.5 Å². The summed E-state index contributed by atoms with van der Waals surface area (Å²) in [5, 5.41) is 6.99. The number of carbonyl (C=O) groups excluding carboxylic acids is 1. The fraction of sp³-hybridized carbons (Fsp3) is 0.125. The number of amides is 1. The summed E-state index contributed by atoms with van der Waals surface area (Å²) in [5.74, 6) is 1.88. The van der Waals surface area contributed by atoms with Gasteiger partial charge in [-0.05, 0) is 61.5 Å². The molecule has 1 aromatic heterocycles. The molecule has 0 radical (unpaired) electrons. The van der Waals surface area contributed by atoms with Gasteiger partial charge in [0.15, 0.2) is 0 Å². The van der Waals surface area contributed by atoms with Crippen LogP contribution in [0.4, 0.5) is 5.69 Å². The van der Waals surface area contributed by atoms with E-state index in [1.165, 1.54) is 0 Å². The van der Waals surface area contributed by atoms with E-state index in [-0.39, 0.29) is 5.91 Å². The minimum atomic E-state index is -0.260. The van der Waals surface area contributed by atoms with Crippen LogP contribution in [0.3, 0.4) is 0 Å². The summed E-state index contributed by atoms with van der Waals surface area (Å²) in [6, 6.07) is 21.7. The Morgan fingerprint density at radius 1 is 1.00 bits per heavy atom. The zero-order valence-corrected chi connectivity index (χ0v) is 17.2. The SMILES string of the molecule is CCOc1cccc(C(=O)Nc2ccccc2-c2nc(-c3ccc(OC)cc3)no2)c1. The Labute approximate surface area is 179 Å². The highest BCUT2D eigenvalue weighted by molar-refractivity contribution is 6.06. The van der Waals surface area contributed by atoms with E-state index >= 15 is 0 Å². The molecule has 1 N–H and O–H groups in total. The molecule has 3 aromatic carbocycles. The number of rotatable bonds is 7. The molecule has 1 heterocycles. The molecular weight excluding hydrogens is 394 g/mol. The topological polar surface area (TPSA) is 86.5 Å². The Hall–Kier alpha value is -4.13. The maximum atomic E-state index is 12.8. The van der Waals surface area contributed by atoms with Crippen molar-refractivity contribution in [2.24, 2.45) is 0 Å². The summed E-state index contributed by atoms with van der Waals surface area (Å²) in [6.45, 7) is 2.43. The third kappa shape index (κ3) is 4.56. The molecule has 0 saturated carbocycles. The number of methoxy groups -OCH3 is 1. The highest BCUT2D eigenvalue weighted by Crippen LogP contribution is 2.29. The van der Waals surface area contributed by atoms with E-state index in [9.17, 15) is 4.79 Å². The maximum Gasteiger partial charge on any atom is 0.260 e. The van der Waals surface area contributed by atoms with Crippen molar-refractivity contribution in [2.45, 2.75) is 6.92 Å². The van der Waals surface area contributed by atoms with Gasteiger partial charge in [0.1, 0.15) is 11.5 Å². The lowest BCUT2D eigenvalue weighted by molar-refractivity contribution is 0.102. The van der Waals surface area contributed by atoms with Gasteiger partial charge in [-0.1, -0.05) is 23.4 Å². The summed E-state index contributed by atoms with van der Waals surface area (Å²) in [4.78, 5) is 17.3. The normalized spacial score (nSPS) is 10.5. The van der Waals surface area contributed by atoms with Crippen molar-refractivity contribution in [1.82, 2.24) is 10.1 Å². The predicted molar refractivity (Wildman–Crippen MR) is 117 cm³/mol. The molecule has 0 aliphatic carbocycles. The molecule has 7 heteroatoms.